The van der Waals surface area contributed by atoms with E-state index >= 15 is 0 Å². The van der Waals surface area contributed by atoms with E-state index in [0.717, 1.165) is 44.9 Å². The van der Waals surface area contributed by atoms with Gasteiger partial charge in [-0.2, -0.15) is 0 Å². The van der Waals surface area contributed by atoms with Crippen molar-refractivity contribution in [2.24, 2.45) is 17.1 Å². The number of rotatable bonds is 4. The van der Waals surface area contributed by atoms with E-state index in [4.69, 9.17) is 11.1 Å². The third kappa shape index (κ3) is 3.49. The number of hydrogen-bond donors (Lipinski definition) is 3. The summed E-state index contributed by atoms with van der Waals surface area (Å²) in [5.74, 6) is -0.984. The number of imide groups is 1. The molecule has 1 aromatic heterocycles. The molecule has 3 aliphatic carbocycles. The maximum Gasteiger partial charge on any atom is 0.334 e. The summed E-state index contributed by atoms with van der Waals surface area (Å²) in [6.07, 6.45) is 8.99. The first kappa shape index (κ1) is 24.6. The van der Waals surface area contributed by atoms with Crippen LogP contribution in [0.5, 0.6) is 5.88 Å². The molecule has 3 saturated carbocycles. The maximum atomic E-state index is 13.5. The van der Waals surface area contributed by atoms with Gasteiger partial charge in [0, 0.05) is 26.7 Å². The van der Waals surface area contributed by atoms with Gasteiger partial charge < -0.3 is 15.7 Å². The van der Waals surface area contributed by atoms with Crippen LogP contribution in [-0.4, -0.2) is 61.4 Å². The summed E-state index contributed by atoms with van der Waals surface area (Å²) in [6, 6.07) is -0.653. The zero-order valence-corrected chi connectivity index (χ0v) is 21.1. The normalized spacial score (nSPS) is 30.9. The van der Waals surface area contributed by atoms with Crippen LogP contribution in [0.4, 0.5) is 4.79 Å². The van der Waals surface area contributed by atoms with Crippen LogP contribution >= 0.6 is 0 Å². The summed E-state index contributed by atoms with van der Waals surface area (Å²) in [6.45, 7) is 0.306. The molecule has 0 unspecified atom stereocenters. The van der Waals surface area contributed by atoms with Gasteiger partial charge in [-0.3, -0.25) is 29.0 Å². The summed E-state index contributed by atoms with van der Waals surface area (Å²) >= 11 is 0. The molecule has 3 amide bonds. The van der Waals surface area contributed by atoms with E-state index in [2.05, 4.69) is 0 Å². The first-order valence-corrected chi connectivity index (χ1v) is 13.0. The zero-order valence-electron chi connectivity index (χ0n) is 21.1. The lowest BCUT2D eigenvalue weighted by Crippen LogP contribution is -2.63. The highest BCUT2D eigenvalue weighted by molar-refractivity contribution is 6.07. The predicted molar refractivity (Wildman–Crippen MR) is 132 cm³/mol. The predicted octanol–water partition coefficient (Wildman–Crippen LogP) is 1.74. The molecule has 1 saturated heterocycles. The van der Waals surface area contributed by atoms with Gasteiger partial charge in [0.15, 0.2) is 0 Å². The number of urea groups is 1. The number of hydrogen-bond acceptors (Lipinski definition) is 6. The number of aromatic nitrogens is 2. The average molecular weight is 501 g/mol. The van der Waals surface area contributed by atoms with E-state index in [0.29, 0.717) is 32.2 Å². The molecule has 196 valence electrons. The van der Waals surface area contributed by atoms with Crippen LogP contribution in [0.15, 0.2) is 9.59 Å². The Kier molecular flexibility index (Phi) is 5.79. The first-order chi connectivity index (χ1) is 17.0. The van der Waals surface area contributed by atoms with E-state index < -0.39 is 28.5 Å². The molecule has 1 aromatic rings. The standard InChI is InChI=1S/C25H36N6O5/c1-28-21(34)25(29(2)22(28)35)13-24(14-25)10-8-16(9-11-24)31-20(33)17(18(26)27)19(32)30(23(31)36)12-15-6-4-3-5-7-15/h15-16,32H,3-14H2,1-2H3,(H3,26,27). The number of carbonyl (C=O) groups excluding carboxylic acids is 2. The third-order valence-corrected chi connectivity index (χ3v) is 9.42. The molecule has 11 heteroatoms. The Bertz CT molecular complexity index is 1230. The van der Waals surface area contributed by atoms with Crippen molar-refractivity contribution in [3.63, 3.8) is 0 Å². The fraction of sp³-hybridized carbons (Fsp3) is 0.720. The largest absolute Gasteiger partial charge is 0.494 e. The van der Waals surface area contributed by atoms with Gasteiger partial charge in [-0.15, -0.1) is 0 Å². The molecule has 0 aromatic carbocycles. The molecule has 4 aliphatic rings. The van der Waals surface area contributed by atoms with Crippen molar-refractivity contribution in [1.29, 1.82) is 5.41 Å². The van der Waals surface area contributed by atoms with Crippen LogP contribution in [-0.2, 0) is 11.3 Å². The van der Waals surface area contributed by atoms with E-state index in [1.807, 2.05) is 0 Å². The van der Waals surface area contributed by atoms with Crippen molar-refractivity contribution >= 4 is 17.8 Å². The Hall–Kier alpha value is -3.11. The number of nitrogens with one attached hydrogen (secondary N) is 1. The van der Waals surface area contributed by atoms with Gasteiger partial charge in [0.25, 0.3) is 11.5 Å². The minimum atomic E-state index is -0.775. The van der Waals surface area contributed by atoms with Gasteiger partial charge in [-0.25, -0.2) is 9.59 Å². The maximum absolute atomic E-state index is 13.5. The van der Waals surface area contributed by atoms with Crippen molar-refractivity contribution < 1.29 is 14.7 Å². The van der Waals surface area contributed by atoms with Crippen LogP contribution in [0.2, 0.25) is 0 Å². The summed E-state index contributed by atoms with van der Waals surface area (Å²) in [7, 11) is 3.19. The number of nitrogens with two attached hydrogens (primary N) is 1. The summed E-state index contributed by atoms with van der Waals surface area (Å²) < 4.78 is 2.44. The van der Waals surface area contributed by atoms with Crippen LogP contribution in [0.3, 0.4) is 0 Å². The Morgan fingerprint density at radius 2 is 1.64 bits per heavy atom. The highest BCUT2D eigenvalue weighted by Crippen LogP contribution is 2.61. The van der Waals surface area contributed by atoms with Crippen LogP contribution < -0.4 is 17.0 Å². The Morgan fingerprint density at radius 1 is 1.03 bits per heavy atom. The van der Waals surface area contributed by atoms with E-state index in [9.17, 15) is 24.3 Å². The van der Waals surface area contributed by atoms with Gasteiger partial charge in [-0.05, 0) is 62.7 Å². The second-order valence-corrected chi connectivity index (χ2v) is 11.5. The van der Waals surface area contributed by atoms with Crippen molar-refractivity contribution in [2.45, 2.75) is 88.8 Å². The van der Waals surface area contributed by atoms with Gasteiger partial charge in [0.05, 0.1) is 0 Å². The van der Waals surface area contributed by atoms with Crippen LogP contribution in [0, 0.1) is 16.7 Å². The monoisotopic (exact) mass is 500 g/mol. The van der Waals surface area contributed by atoms with E-state index in [-0.39, 0.29) is 34.9 Å². The van der Waals surface area contributed by atoms with Crippen LogP contribution in [0.25, 0.3) is 0 Å². The Labute approximate surface area is 209 Å². The number of aromatic hydroxyl groups is 1. The number of amides is 3. The fourth-order valence-corrected chi connectivity index (χ4v) is 7.36. The summed E-state index contributed by atoms with van der Waals surface area (Å²) in [4.78, 5) is 54.6. The van der Waals surface area contributed by atoms with Crippen molar-refractivity contribution in [3.05, 3.63) is 26.4 Å². The number of likely N-dealkylation sites (N-methyl/N-ethyl adjacent to an activating group) is 2. The van der Waals surface area contributed by atoms with Gasteiger partial charge in [0.1, 0.15) is 16.9 Å². The quantitative estimate of drug-likeness (QED) is 0.325. The molecule has 5 rings (SSSR count). The molecule has 2 spiro atoms. The lowest BCUT2D eigenvalue weighted by molar-refractivity contribution is -0.148. The van der Waals surface area contributed by atoms with Crippen molar-refractivity contribution in [3.8, 4) is 5.88 Å². The first-order valence-electron chi connectivity index (χ1n) is 13.0. The summed E-state index contributed by atoms with van der Waals surface area (Å²) in [5, 5.41) is 18.7. The molecule has 2 heterocycles. The number of nitrogen functional groups attached to an aromatic ring is 1. The fourth-order valence-electron chi connectivity index (χ4n) is 7.36. The number of amidine groups is 1. The minimum absolute atomic E-state index is 0.100. The second-order valence-electron chi connectivity index (χ2n) is 11.5. The highest BCUT2D eigenvalue weighted by Gasteiger charge is 2.66. The molecular formula is C25H36N6O5. The van der Waals surface area contributed by atoms with Gasteiger partial charge >= 0.3 is 11.7 Å². The lowest BCUT2D eigenvalue weighted by atomic mass is 9.51. The summed E-state index contributed by atoms with van der Waals surface area (Å²) in [5.41, 5.74) is 3.24. The smallest absolute Gasteiger partial charge is 0.334 e. The highest BCUT2D eigenvalue weighted by atomic mass is 16.3. The second kappa shape index (κ2) is 8.48. The number of nitrogens with zero attached hydrogens (tertiary/aromatic N) is 4. The molecule has 36 heavy (non-hydrogen) atoms. The number of carbonyl (C=O) groups is 2. The topological polar surface area (TPSA) is 155 Å². The molecule has 0 radical (unpaired) electrons. The van der Waals surface area contributed by atoms with Crippen molar-refractivity contribution in [2.75, 3.05) is 14.1 Å². The molecule has 1 aliphatic heterocycles. The molecule has 4 fully saturated rings. The van der Waals surface area contributed by atoms with Gasteiger partial charge in [0.2, 0.25) is 5.88 Å². The molecule has 0 bridgehead atoms. The lowest BCUT2D eigenvalue weighted by Gasteiger charge is -2.57. The minimum Gasteiger partial charge on any atom is -0.494 e. The SMILES string of the molecule is CN1C(=O)N(C)C2(CC3(CCC(n4c(=O)c(C(=N)N)c(O)n(CC5CCCCC5)c4=O)CC3)C2)C1=O. The van der Waals surface area contributed by atoms with Gasteiger partial charge in [-0.1, -0.05) is 19.3 Å². The molecular weight excluding hydrogens is 464 g/mol. The van der Waals surface area contributed by atoms with E-state index in [1.165, 1.54) is 21.1 Å². The molecule has 0 atom stereocenters. The Balaban J connectivity index is 1.40. The van der Waals surface area contributed by atoms with Crippen LogP contribution in [0.1, 0.15) is 82.2 Å². The third-order valence-electron chi connectivity index (χ3n) is 9.42. The Morgan fingerprint density at radius 3 is 2.17 bits per heavy atom. The van der Waals surface area contributed by atoms with E-state index in [1.54, 1.807) is 11.9 Å². The van der Waals surface area contributed by atoms with Crippen molar-refractivity contribution in [1.82, 2.24) is 18.9 Å². The molecule has 11 nitrogen and oxygen atoms in total. The molecule has 4 N–H and O–H groups in total. The zero-order chi connectivity index (χ0) is 26.0. The average Bonchev–Trinajstić information content (AvgIpc) is 2.99.